The molecule has 0 unspecified atom stereocenters. The molecule has 3 aromatic rings. The maximum absolute atomic E-state index is 12.5. The Balaban J connectivity index is 1.57. The molecule has 0 aliphatic heterocycles. The highest BCUT2D eigenvalue weighted by atomic mass is 19.3. The number of rotatable bonds is 7. The van der Waals surface area contributed by atoms with Gasteiger partial charge in [0, 0.05) is 17.7 Å². The molecular weight excluding hydrogens is 356 g/mol. The van der Waals surface area contributed by atoms with Crippen molar-refractivity contribution in [2.45, 2.75) is 12.8 Å². The number of hydrogen-bond donors (Lipinski definition) is 1. The lowest BCUT2D eigenvalue weighted by atomic mass is 10.1. The fraction of sp³-hybridized carbons (Fsp3) is 0.211. The largest absolute Gasteiger partial charge is 0.497 e. The average molecular weight is 373 g/mol. The van der Waals surface area contributed by atoms with E-state index in [1.54, 1.807) is 31.4 Å². The monoisotopic (exact) mass is 373 g/mol. The molecule has 140 valence electrons. The van der Waals surface area contributed by atoms with Crippen LogP contribution in [0.5, 0.6) is 5.75 Å². The van der Waals surface area contributed by atoms with Gasteiger partial charge in [-0.25, -0.2) is 0 Å². The summed E-state index contributed by atoms with van der Waals surface area (Å²) in [5.41, 5.74) is 1.98. The summed E-state index contributed by atoms with van der Waals surface area (Å²) in [7, 11) is 1.60. The summed E-state index contributed by atoms with van der Waals surface area (Å²) in [4.78, 5) is 15.8. The number of benzene rings is 2. The Bertz CT molecular complexity index is 911. The maximum Gasteiger partial charge on any atom is 0.315 e. The van der Waals surface area contributed by atoms with Crippen LogP contribution in [0.1, 0.15) is 28.2 Å². The predicted octanol–water partition coefficient (Wildman–Crippen LogP) is 3.66. The van der Waals surface area contributed by atoms with Crippen LogP contribution in [0.25, 0.3) is 11.4 Å². The van der Waals surface area contributed by atoms with Gasteiger partial charge in [0.25, 0.3) is 11.8 Å². The molecule has 0 aliphatic carbocycles. The number of carbonyl (C=O) groups excluding carboxylic acids is 1. The van der Waals surface area contributed by atoms with Crippen molar-refractivity contribution in [3.63, 3.8) is 0 Å². The molecule has 0 radical (unpaired) electrons. The summed E-state index contributed by atoms with van der Waals surface area (Å²) in [6.45, 7) is 0.469. The zero-order valence-electron chi connectivity index (χ0n) is 14.5. The molecule has 1 aromatic heterocycles. The van der Waals surface area contributed by atoms with Crippen molar-refractivity contribution in [2.24, 2.45) is 0 Å². The van der Waals surface area contributed by atoms with Gasteiger partial charge in [-0.2, -0.15) is 13.8 Å². The molecule has 27 heavy (non-hydrogen) atoms. The topological polar surface area (TPSA) is 77.2 Å². The molecule has 1 N–H and O–H groups in total. The second-order valence-corrected chi connectivity index (χ2v) is 5.69. The number of halogens is 2. The highest BCUT2D eigenvalue weighted by Crippen LogP contribution is 2.21. The van der Waals surface area contributed by atoms with Gasteiger partial charge in [-0.15, -0.1) is 0 Å². The molecule has 1 amide bonds. The van der Waals surface area contributed by atoms with E-state index in [-0.39, 0.29) is 11.7 Å². The van der Waals surface area contributed by atoms with E-state index in [0.717, 1.165) is 11.3 Å². The normalized spacial score (nSPS) is 10.8. The molecule has 0 fully saturated rings. The highest BCUT2D eigenvalue weighted by Gasteiger charge is 2.17. The van der Waals surface area contributed by atoms with Crippen molar-refractivity contribution < 1.29 is 22.8 Å². The first-order valence-electron chi connectivity index (χ1n) is 8.20. The first kappa shape index (κ1) is 18.5. The second-order valence-electron chi connectivity index (χ2n) is 5.69. The zero-order valence-corrected chi connectivity index (χ0v) is 14.5. The quantitative estimate of drug-likeness (QED) is 0.684. The van der Waals surface area contributed by atoms with Gasteiger partial charge in [-0.05, 0) is 36.2 Å². The van der Waals surface area contributed by atoms with Crippen LogP contribution in [-0.4, -0.2) is 29.7 Å². The highest BCUT2D eigenvalue weighted by molar-refractivity contribution is 5.94. The minimum atomic E-state index is -2.82. The van der Waals surface area contributed by atoms with Crippen LogP contribution in [-0.2, 0) is 6.42 Å². The Labute approximate surface area is 154 Å². The fourth-order valence-electron chi connectivity index (χ4n) is 2.46. The van der Waals surface area contributed by atoms with E-state index in [9.17, 15) is 13.6 Å². The third-order valence-electron chi connectivity index (χ3n) is 3.87. The summed E-state index contributed by atoms with van der Waals surface area (Å²) in [6.07, 6.45) is -2.15. The number of nitrogens with one attached hydrogen (secondary N) is 1. The molecule has 0 aliphatic rings. The van der Waals surface area contributed by atoms with Gasteiger partial charge >= 0.3 is 6.43 Å². The molecule has 0 saturated heterocycles. The van der Waals surface area contributed by atoms with Crippen molar-refractivity contribution >= 4 is 5.91 Å². The number of nitrogens with zero attached hydrogens (tertiary/aromatic N) is 2. The lowest BCUT2D eigenvalue weighted by Crippen LogP contribution is -2.25. The summed E-state index contributed by atoms with van der Waals surface area (Å²) in [5.74, 6) is -0.142. The van der Waals surface area contributed by atoms with Gasteiger partial charge in [0.15, 0.2) is 0 Å². The van der Waals surface area contributed by atoms with Gasteiger partial charge < -0.3 is 14.6 Å². The zero-order chi connectivity index (χ0) is 19.2. The Kier molecular flexibility index (Phi) is 5.75. The predicted molar refractivity (Wildman–Crippen MR) is 93.7 cm³/mol. The lowest BCUT2D eigenvalue weighted by Gasteiger charge is -2.07. The number of hydrogen-bond acceptors (Lipinski definition) is 5. The molecule has 0 bridgehead atoms. The third-order valence-corrected chi connectivity index (χ3v) is 3.87. The Morgan fingerprint density at radius 3 is 2.67 bits per heavy atom. The first-order chi connectivity index (χ1) is 13.1. The fourth-order valence-corrected chi connectivity index (χ4v) is 2.46. The molecular formula is C19H17F2N3O3. The van der Waals surface area contributed by atoms with Crippen molar-refractivity contribution in [3.05, 3.63) is 65.5 Å². The number of carbonyl (C=O) groups is 1. The molecule has 6 nitrogen and oxygen atoms in total. The summed E-state index contributed by atoms with van der Waals surface area (Å²) < 4.78 is 34.6. The average Bonchev–Trinajstić information content (AvgIpc) is 3.19. The third kappa shape index (κ3) is 4.66. The van der Waals surface area contributed by atoms with Crippen molar-refractivity contribution in [2.75, 3.05) is 13.7 Å². The minimum Gasteiger partial charge on any atom is -0.497 e. The van der Waals surface area contributed by atoms with Gasteiger partial charge in [0.2, 0.25) is 5.82 Å². The summed E-state index contributed by atoms with van der Waals surface area (Å²) in [6, 6.07) is 13.9. The Hall–Kier alpha value is -3.29. The Morgan fingerprint density at radius 2 is 2.00 bits per heavy atom. The summed E-state index contributed by atoms with van der Waals surface area (Å²) >= 11 is 0. The number of amides is 1. The maximum atomic E-state index is 12.5. The van der Waals surface area contributed by atoms with Crippen LogP contribution in [0, 0.1) is 0 Å². The number of methoxy groups -OCH3 is 1. The van der Waals surface area contributed by atoms with Crippen LogP contribution < -0.4 is 10.1 Å². The van der Waals surface area contributed by atoms with Crippen molar-refractivity contribution in [3.8, 4) is 17.1 Å². The number of alkyl halides is 2. The van der Waals surface area contributed by atoms with Crippen LogP contribution in [0.15, 0.2) is 53.1 Å². The van der Waals surface area contributed by atoms with E-state index in [1.807, 2.05) is 24.3 Å². The van der Waals surface area contributed by atoms with E-state index in [4.69, 9.17) is 4.74 Å². The van der Waals surface area contributed by atoms with E-state index in [1.165, 1.54) is 0 Å². The summed E-state index contributed by atoms with van der Waals surface area (Å²) in [5, 5.41) is 6.34. The smallest absolute Gasteiger partial charge is 0.315 e. The van der Waals surface area contributed by atoms with Crippen molar-refractivity contribution in [1.29, 1.82) is 0 Å². The van der Waals surface area contributed by atoms with Crippen LogP contribution in [0.2, 0.25) is 0 Å². The molecule has 1 heterocycles. The second kappa shape index (κ2) is 8.39. The number of aromatic nitrogens is 2. The van der Waals surface area contributed by atoms with Crippen LogP contribution in [0.3, 0.4) is 0 Å². The molecule has 3 rings (SSSR count). The van der Waals surface area contributed by atoms with E-state index in [2.05, 4.69) is 20.0 Å². The molecule has 8 heteroatoms. The first-order valence-corrected chi connectivity index (χ1v) is 8.20. The SMILES string of the molecule is COc1cccc(CCNC(=O)c2ccc(-c3noc(C(F)F)n3)cc2)c1. The van der Waals surface area contributed by atoms with E-state index >= 15 is 0 Å². The van der Waals surface area contributed by atoms with Gasteiger partial charge in [0.1, 0.15) is 5.75 Å². The molecule has 2 aromatic carbocycles. The van der Waals surface area contributed by atoms with Crippen LogP contribution >= 0.6 is 0 Å². The molecule has 0 spiro atoms. The molecule has 0 saturated carbocycles. The Morgan fingerprint density at radius 1 is 1.22 bits per heavy atom. The van der Waals surface area contributed by atoms with Gasteiger partial charge in [0.05, 0.1) is 7.11 Å². The van der Waals surface area contributed by atoms with Gasteiger partial charge in [-0.3, -0.25) is 4.79 Å². The van der Waals surface area contributed by atoms with Gasteiger partial charge in [-0.1, -0.05) is 29.4 Å². The standard InChI is InChI=1S/C19H17F2N3O3/c1-26-15-4-2-3-12(11-15)9-10-22-18(25)14-7-5-13(6-8-14)17-23-19(16(20)21)27-24-17/h2-8,11,16H,9-10H2,1H3,(H,22,25). The number of ether oxygens (including phenoxy) is 1. The lowest BCUT2D eigenvalue weighted by molar-refractivity contribution is 0.0954. The van der Waals surface area contributed by atoms with Crippen LogP contribution in [0.4, 0.5) is 8.78 Å². The van der Waals surface area contributed by atoms with E-state index in [0.29, 0.717) is 24.1 Å². The van der Waals surface area contributed by atoms with Crippen molar-refractivity contribution in [1.82, 2.24) is 15.5 Å². The molecule has 0 atom stereocenters. The minimum absolute atomic E-state index is 0.0512. The van der Waals surface area contributed by atoms with E-state index < -0.39 is 12.3 Å².